The Morgan fingerprint density at radius 1 is 1.00 bits per heavy atom. The lowest BCUT2D eigenvalue weighted by molar-refractivity contribution is 0.0996. The summed E-state index contributed by atoms with van der Waals surface area (Å²) >= 11 is 5.78. The molecule has 0 fully saturated rings. The number of hydrogen-bond acceptors (Lipinski definition) is 1. The summed E-state index contributed by atoms with van der Waals surface area (Å²) < 4.78 is 0. The lowest BCUT2D eigenvalue weighted by Gasteiger charge is -1.97. The molecule has 2 rings (SSSR count). The van der Waals surface area contributed by atoms with Crippen LogP contribution in [0, 0.1) is 0 Å². The number of halogens is 1. The van der Waals surface area contributed by atoms with Gasteiger partial charge in [-0.05, 0) is 29.8 Å². The molecule has 0 radical (unpaired) electrons. The van der Waals surface area contributed by atoms with E-state index in [1.54, 1.807) is 24.3 Å². The number of Topliss-reactive ketones (excluding diaryl/α,β-unsaturated/α-hetero) is 1. The van der Waals surface area contributed by atoms with Gasteiger partial charge in [-0.1, -0.05) is 54.1 Å². The van der Waals surface area contributed by atoms with Gasteiger partial charge < -0.3 is 0 Å². The number of rotatable bonds is 4. The first kappa shape index (κ1) is 12.6. The lowest BCUT2D eigenvalue weighted by atomic mass is 10.1. The molecule has 0 saturated carbocycles. The Bertz CT molecular complexity index is 541. The van der Waals surface area contributed by atoms with Crippen molar-refractivity contribution < 1.29 is 4.79 Å². The molecule has 2 aromatic rings. The van der Waals surface area contributed by atoms with E-state index < -0.39 is 0 Å². The quantitative estimate of drug-likeness (QED) is 0.729. The number of hydrogen-bond donors (Lipinski definition) is 0. The smallest absolute Gasteiger partial charge is 0.166 e. The Hall–Kier alpha value is -1.86. The summed E-state index contributed by atoms with van der Waals surface area (Å²) in [7, 11) is 0. The summed E-state index contributed by atoms with van der Waals surface area (Å²) in [5.41, 5.74) is 1.79. The van der Waals surface area contributed by atoms with Crippen LogP contribution < -0.4 is 0 Å². The van der Waals surface area contributed by atoms with Gasteiger partial charge >= 0.3 is 0 Å². The molecule has 0 aliphatic heterocycles. The van der Waals surface area contributed by atoms with Crippen LogP contribution in [0.15, 0.2) is 60.7 Å². The Morgan fingerprint density at radius 3 is 2.33 bits per heavy atom. The first-order chi connectivity index (χ1) is 8.75. The molecule has 0 N–H and O–H groups in total. The SMILES string of the molecule is O=C(C/C=C/c1ccccc1)c1ccc(Cl)cc1. The maximum Gasteiger partial charge on any atom is 0.166 e. The zero-order valence-corrected chi connectivity index (χ0v) is 10.6. The van der Waals surface area contributed by atoms with Crippen LogP contribution in [-0.4, -0.2) is 5.78 Å². The molecule has 0 amide bonds. The summed E-state index contributed by atoms with van der Waals surface area (Å²) in [6.45, 7) is 0. The van der Waals surface area contributed by atoms with Crippen molar-refractivity contribution in [2.45, 2.75) is 6.42 Å². The van der Waals surface area contributed by atoms with Crippen LogP contribution in [0.5, 0.6) is 0 Å². The molecule has 0 unspecified atom stereocenters. The Labute approximate surface area is 112 Å². The van der Waals surface area contributed by atoms with Gasteiger partial charge in [0.25, 0.3) is 0 Å². The molecule has 90 valence electrons. The second kappa shape index (κ2) is 6.18. The predicted molar refractivity (Wildman–Crippen MR) is 75.9 cm³/mol. The van der Waals surface area contributed by atoms with Crippen molar-refractivity contribution in [3.8, 4) is 0 Å². The lowest BCUT2D eigenvalue weighted by Crippen LogP contribution is -1.95. The number of carbonyl (C=O) groups excluding carboxylic acids is 1. The minimum atomic E-state index is 0.0962. The molecule has 0 spiro atoms. The van der Waals surface area contributed by atoms with E-state index >= 15 is 0 Å². The van der Waals surface area contributed by atoms with Gasteiger partial charge in [0.2, 0.25) is 0 Å². The summed E-state index contributed by atoms with van der Waals surface area (Å²) in [5.74, 6) is 0.0962. The summed E-state index contributed by atoms with van der Waals surface area (Å²) in [5, 5.41) is 0.645. The summed E-state index contributed by atoms with van der Waals surface area (Å²) in [6.07, 6.45) is 4.23. The summed E-state index contributed by atoms with van der Waals surface area (Å²) in [6, 6.07) is 16.9. The van der Waals surface area contributed by atoms with Gasteiger partial charge in [-0.15, -0.1) is 0 Å². The van der Waals surface area contributed by atoms with Crippen LogP contribution in [0.1, 0.15) is 22.3 Å². The van der Waals surface area contributed by atoms with Crippen LogP contribution in [0.2, 0.25) is 5.02 Å². The van der Waals surface area contributed by atoms with Gasteiger partial charge in [0.05, 0.1) is 0 Å². The van der Waals surface area contributed by atoms with E-state index in [0.717, 1.165) is 5.56 Å². The molecule has 0 aliphatic carbocycles. The van der Waals surface area contributed by atoms with E-state index in [0.29, 0.717) is 17.0 Å². The molecular weight excluding hydrogens is 244 g/mol. The molecule has 0 aliphatic rings. The normalized spacial score (nSPS) is 10.7. The second-order valence-corrected chi connectivity index (χ2v) is 4.38. The maximum atomic E-state index is 11.9. The van der Waals surface area contributed by atoms with E-state index in [-0.39, 0.29) is 5.78 Å². The molecule has 2 aromatic carbocycles. The fraction of sp³-hybridized carbons (Fsp3) is 0.0625. The highest BCUT2D eigenvalue weighted by Crippen LogP contribution is 2.11. The molecule has 0 atom stereocenters. The van der Waals surface area contributed by atoms with Gasteiger partial charge in [-0.3, -0.25) is 4.79 Å². The third kappa shape index (κ3) is 3.57. The minimum absolute atomic E-state index is 0.0962. The second-order valence-electron chi connectivity index (χ2n) is 3.95. The largest absolute Gasteiger partial charge is 0.294 e. The van der Waals surface area contributed by atoms with E-state index in [9.17, 15) is 4.79 Å². The van der Waals surface area contributed by atoms with Crippen molar-refractivity contribution in [1.29, 1.82) is 0 Å². The number of allylic oxidation sites excluding steroid dienone is 1. The van der Waals surface area contributed by atoms with Crippen molar-refractivity contribution in [1.82, 2.24) is 0 Å². The highest BCUT2D eigenvalue weighted by molar-refractivity contribution is 6.30. The fourth-order valence-electron chi connectivity index (χ4n) is 1.62. The van der Waals surface area contributed by atoms with Crippen LogP contribution in [0.3, 0.4) is 0 Å². The molecule has 0 bridgehead atoms. The highest BCUT2D eigenvalue weighted by Gasteiger charge is 2.02. The number of carbonyl (C=O) groups is 1. The standard InChI is InChI=1S/C16H13ClO/c17-15-11-9-14(10-12-15)16(18)8-4-7-13-5-2-1-3-6-13/h1-7,9-12H,8H2/b7-4+. The molecule has 2 heteroatoms. The van der Waals surface area contributed by atoms with E-state index in [4.69, 9.17) is 11.6 Å². The van der Waals surface area contributed by atoms with Crippen molar-refractivity contribution in [2.24, 2.45) is 0 Å². The highest BCUT2D eigenvalue weighted by atomic mass is 35.5. The first-order valence-electron chi connectivity index (χ1n) is 5.76. The minimum Gasteiger partial charge on any atom is -0.294 e. The van der Waals surface area contributed by atoms with Crippen LogP contribution in [0.25, 0.3) is 6.08 Å². The Morgan fingerprint density at radius 2 is 1.67 bits per heavy atom. The monoisotopic (exact) mass is 256 g/mol. The average Bonchev–Trinajstić information content (AvgIpc) is 2.40. The first-order valence-corrected chi connectivity index (χ1v) is 6.14. The summed E-state index contributed by atoms with van der Waals surface area (Å²) in [4.78, 5) is 11.9. The van der Waals surface area contributed by atoms with Crippen molar-refractivity contribution in [3.63, 3.8) is 0 Å². The van der Waals surface area contributed by atoms with E-state index in [2.05, 4.69) is 0 Å². The molecule has 0 aromatic heterocycles. The zero-order valence-electron chi connectivity index (χ0n) is 9.84. The topological polar surface area (TPSA) is 17.1 Å². The number of ketones is 1. The van der Waals surface area contributed by atoms with Crippen LogP contribution in [0.4, 0.5) is 0 Å². The van der Waals surface area contributed by atoms with Gasteiger partial charge in [0.1, 0.15) is 0 Å². The number of benzene rings is 2. The Balaban J connectivity index is 1.96. The fourth-order valence-corrected chi connectivity index (χ4v) is 1.75. The van der Waals surface area contributed by atoms with Crippen molar-refractivity contribution in [2.75, 3.05) is 0 Å². The van der Waals surface area contributed by atoms with Gasteiger partial charge in [-0.2, -0.15) is 0 Å². The van der Waals surface area contributed by atoms with E-state index in [1.807, 2.05) is 42.5 Å². The zero-order chi connectivity index (χ0) is 12.8. The van der Waals surface area contributed by atoms with Crippen LogP contribution in [-0.2, 0) is 0 Å². The molecule has 0 saturated heterocycles. The van der Waals surface area contributed by atoms with Crippen LogP contribution >= 0.6 is 11.6 Å². The molecular formula is C16H13ClO. The van der Waals surface area contributed by atoms with E-state index in [1.165, 1.54) is 0 Å². The third-order valence-corrected chi connectivity index (χ3v) is 2.83. The van der Waals surface area contributed by atoms with Gasteiger partial charge in [-0.25, -0.2) is 0 Å². The van der Waals surface area contributed by atoms with Crippen molar-refractivity contribution in [3.05, 3.63) is 76.8 Å². The van der Waals surface area contributed by atoms with Gasteiger partial charge in [0.15, 0.2) is 5.78 Å². The predicted octanol–water partition coefficient (Wildman–Crippen LogP) is 4.63. The third-order valence-electron chi connectivity index (χ3n) is 2.58. The molecule has 0 heterocycles. The average molecular weight is 257 g/mol. The Kier molecular flexibility index (Phi) is 4.32. The van der Waals surface area contributed by atoms with Gasteiger partial charge in [0, 0.05) is 17.0 Å². The maximum absolute atomic E-state index is 11.9. The molecule has 18 heavy (non-hydrogen) atoms. The molecule has 1 nitrogen and oxygen atoms in total. The van der Waals surface area contributed by atoms with Crippen molar-refractivity contribution >= 4 is 23.5 Å².